The minimum atomic E-state index is -0.209. The van der Waals surface area contributed by atoms with Gasteiger partial charge in [0.25, 0.3) is 0 Å². The fraction of sp³-hybridized carbons (Fsp3) is 0.483. The van der Waals surface area contributed by atoms with Gasteiger partial charge in [-0.25, -0.2) is 14.6 Å². The van der Waals surface area contributed by atoms with Crippen LogP contribution >= 0.6 is 11.6 Å². The number of rotatable bonds is 13. The molecule has 0 aliphatic carbocycles. The third-order valence-electron chi connectivity index (χ3n) is 6.91. The average Bonchev–Trinajstić information content (AvgIpc) is 3.28. The molecule has 1 fully saturated rings. The summed E-state index contributed by atoms with van der Waals surface area (Å²) in [5.74, 6) is 1.30. The van der Waals surface area contributed by atoms with E-state index in [0.29, 0.717) is 62.4 Å². The number of hydrogen-bond acceptors (Lipinski definition) is 5. The smallest absolute Gasteiger partial charge is 0.324 e. The number of ether oxygens (including phenoxy) is 2. The zero-order valence-corrected chi connectivity index (χ0v) is 24.3. The van der Waals surface area contributed by atoms with Gasteiger partial charge in [-0.3, -0.25) is 4.90 Å². The lowest BCUT2D eigenvalue weighted by molar-refractivity contribution is 0.192. The Kier molecular flexibility index (Phi) is 10.3. The zero-order valence-electron chi connectivity index (χ0n) is 23.5. The number of anilines is 1. The Hall–Kier alpha value is -3.66. The number of methoxy groups -OCH3 is 1. The van der Waals surface area contributed by atoms with E-state index >= 15 is 0 Å². The molecular weight excluding hydrogens is 532 g/mol. The Morgan fingerprint density at radius 2 is 1.98 bits per heavy atom. The van der Waals surface area contributed by atoms with E-state index in [1.807, 2.05) is 46.9 Å². The van der Waals surface area contributed by atoms with Gasteiger partial charge in [0.1, 0.15) is 5.65 Å². The third-order valence-corrected chi connectivity index (χ3v) is 7.20. The van der Waals surface area contributed by atoms with Crippen LogP contribution in [0.5, 0.6) is 11.5 Å². The highest BCUT2D eigenvalue weighted by atomic mass is 35.5. The molecule has 11 heteroatoms. The fourth-order valence-electron chi connectivity index (χ4n) is 4.90. The molecule has 2 N–H and O–H groups in total. The Balaban J connectivity index is 1.49. The summed E-state index contributed by atoms with van der Waals surface area (Å²) in [5, 5.41) is 6.92. The number of carbonyl (C=O) groups excluding carboxylic acids is 2. The van der Waals surface area contributed by atoms with Crippen LogP contribution < -0.4 is 25.0 Å². The molecule has 2 aromatic heterocycles. The van der Waals surface area contributed by atoms with Gasteiger partial charge in [-0.2, -0.15) is 0 Å². The molecule has 0 atom stereocenters. The highest BCUT2D eigenvalue weighted by molar-refractivity contribution is 6.35. The van der Waals surface area contributed by atoms with Crippen LogP contribution in [-0.4, -0.2) is 66.4 Å². The van der Waals surface area contributed by atoms with Crippen molar-refractivity contribution in [3.05, 3.63) is 47.2 Å². The number of unbranched alkanes of at least 4 members (excludes halogenated alkanes) is 2. The lowest BCUT2D eigenvalue weighted by atomic mass is 10.1. The minimum Gasteiger partial charge on any atom is -0.493 e. The molecule has 0 spiro atoms. The number of halogens is 1. The Morgan fingerprint density at radius 3 is 2.75 bits per heavy atom. The summed E-state index contributed by atoms with van der Waals surface area (Å²) in [5.41, 5.74) is 2.43. The standard InChI is InChI=1S/C29H39ClN6O4/c1-4-6-7-17-40-25-18-22(9-10-24(25)39-3)36-15-8-14-35(29(36)38)19-21-11-12-32-27-26(21)23(30)20-34(27)16-13-33-28(37)31-5-2/h9-12,18,20H,4-8,13-17,19H2,1-3H3,(H2,31,33,37). The van der Waals surface area contributed by atoms with Gasteiger partial charge in [0.05, 0.1) is 18.7 Å². The van der Waals surface area contributed by atoms with Crippen LogP contribution in [-0.2, 0) is 13.1 Å². The van der Waals surface area contributed by atoms with Gasteiger partial charge in [-0.1, -0.05) is 31.4 Å². The molecule has 4 rings (SSSR count). The van der Waals surface area contributed by atoms with Crippen LogP contribution in [0.3, 0.4) is 0 Å². The number of carbonyl (C=O) groups is 2. The molecule has 1 aliphatic heterocycles. The number of fused-ring (bicyclic) bond motifs is 1. The van der Waals surface area contributed by atoms with E-state index in [1.165, 1.54) is 0 Å². The highest BCUT2D eigenvalue weighted by Gasteiger charge is 2.28. The summed E-state index contributed by atoms with van der Waals surface area (Å²) >= 11 is 6.66. The number of nitrogens with one attached hydrogen (secondary N) is 2. The number of amides is 4. The quantitative estimate of drug-likeness (QED) is 0.267. The Bertz CT molecular complexity index is 1310. The molecule has 3 aromatic rings. The van der Waals surface area contributed by atoms with Gasteiger partial charge in [0.15, 0.2) is 11.5 Å². The molecule has 3 heterocycles. The van der Waals surface area contributed by atoms with E-state index < -0.39 is 0 Å². The highest BCUT2D eigenvalue weighted by Crippen LogP contribution is 2.34. The predicted octanol–water partition coefficient (Wildman–Crippen LogP) is 5.42. The molecule has 1 aromatic carbocycles. The Labute approximate surface area is 240 Å². The van der Waals surface area contributed by atoms with Crippen molar-refractivity contribution in [3.63, 3.8) is 0 Å². The first-order chi connectivity index (χ1) is 19.5. The van der Waals surface area contributed by atoms with Gasteiger partial charge in [0.2, 0.25) is 0 Å². The maximum absolute atomic E-state index is 13.7. The number of pyridine rings is 1. The average molecular weight is 571 g/mol. The van der Waals surface area contributed by atoms with Crippen molar-refractivity contribution in [1.82, 2.24) is 25.1 Å². The summed E-state index contributed by atoms with van der Waals surface area (Å²) in [6.07, 6.45) is 7.58. The topological polar surface area (TPSA) is 101 Å². The molecule has 1 saturated heterocycles. The second-order valence-electron chi connectivity index (χ2n) is 9.73. The van der Waals surface area contributed by atoms with E-state index in [1.54, 1.807) is 18.2 Å². The van der Waals surface area contributed by atoms with Crippen molar-refractivity contribution in [2.75, 3.05) is 44.8 Å². The third kappa shape index (κ3) is 6.91. The van der Waals surface area contributed by atoms with E-state index in [9.17, 15) is 9.59 Å². The first-order valence-corrected chi connectivity index (χ1v) is 14.4. The molecular formula is C29H39ClN6O4. The normalized spacial score (nSPS) is 13.6. The molecule has 1 aliphatic rings. The van der Waals surface area contributed by atoms with Crippen molar-refractivity contribution < 1.29 is 19.1 Å². The number of benzene rings is 1. The second-order valence-corrected chi connectivity index (χ2v) is 10.1. The van der Waals surface area contributed by atoms with Crippen LogP contribution in [0.1, 0.15) is 45.1 Å². The molecule has 10 nitrogen and oxygen atoms in total. The van der Waals surface area contributed by atoms with Crippen molar-refractivity contribution in [3.8, 4) is 11.5 Å². The number of hydrogen-bond donors (Lipinski definition) is 2. The zero-order chi connectivity index (χ0) is 28.5. The van der Waals surface area contributed by atoms with Gasteiger partial charge in [0, 0.05) is 68.8 Å². The van der Waals surface area contributed by atoms with E-state index in [0.717, 1.165) is 48.0 Å². The molecule has 0 unspecified atom stereocenters. The number of nitrogens with zero attached hydrogens (tertiary/aromatic N) is 4. The monoisotopic (exact) mass is 570 g/mol. The maximum atomic E-state index is 13.7. The SMILES string of the molecule is CCCCCOc1cc(N2CCCN(Cc3ccnc4c3c(Cl)cn4CCNC(=O)NCC)C2=O)ccc1OC. The van der Waals surface area contributed by atoms with E-state index in [2.05, 4.69) is 22.5 Å². The van der Waals surface area contributed by atoms with Crippen molar-refractivity contribution in [1.29, 1.82) is 0 Å². The van der Waals surface area contributed by atoms with Gasteiger partial charge in [-0.05, 0) is 43.5 Å². The van der Waals surface area contributed by atoms with E-state index in [-0.39, 0.29) is 12.1 Å². The van der Waals surface area contributed by atoms with Crippen molar-refractivity contribution in [2.45, 2.75) is 52.6 Å². The second kappa shape index (κ2) is 14.1. The Morgan fingerprint density at radius 1 is 1.12 bits per heavy atom. The van der Waals surface area contributed by atoms with Crippen LogP contribution in [0.15, 0.2) is 36.7 Å². The molecule has 4 amide bonds. The first kappa shape index (κ1) is 29.3. The number of aromatic nitrogens is 2. The number of urea groups is 2. The molecule has 216 valence electrons. The minimum absolute atomic E-state index is 0.0694. The van der Waals surface area contributed by atoms with Crippen LogP contribution in [0, 0.1) is 0 Å². The summed E-state index contributed by atoms with van der Waals surface area (Å²) < 4.78 is 13.4. The maximum Gasteiger partial charge on any atom is 0.324 e. The first-order valence-electron chi connectivity index (χ1n) is 14.0. The summed E-state index contributed by atoms with van der Waals surface area (Å²) in [6, 6.07) is 7.27. The van der Waals surface area contributed by atoms with Crippen LogP contribution in [0.2, 0.25) is 5.02 Å². The predicted molar refractivity (Wildman–Crippen MR) is 158 cm³/mol. The molecule has 0 radical (unpaired) electrons. The molecule has 0 bridgehead atoms. The van der Waals surface area contributed by atoms with Crippen LogP contribution in [0.4, 0.5) is 15.3 Å². The van der Waals surface area contributed by atoms with Crippen molar-refractivity contribution in [2.24, 2.45) is 0 Å². The molecule has 0 saturated carbocycles. The van der Waals surface area contributed by atoms with Gasteiger partial charge >= 0.3 is 12.1 Å². The van der Waals surface area contributed by atoms with Gasteiger partial charge < -0.3 is 29.6 Å². The molecule has 40 heavy (non-hydrogen) atoms. The summed E-state index contributed by atoms with van der Waals surface area (Å²) in [7, 11) is 1.62. The van der Waals surface area contributed by atoms with Gasteiger partial charge in [-0.15, -0.1) is 0 Å². The van der Waals surface area contributed by atoms with Crippen LogP contribution in [0.25, 0.3) is 11.0 Å². The lowest BCUT2D eigenvalue weighted by Crippen LogP contribution is -2.49. The van der Waals surface area contributed by atoms with E-state index in [4.69, 9.17) is 21.1 Å². The summed E-state index contributed by atoms with van der Waals surface area (Å²) in [6.45, 7) is 7.83. The fourth-order valence-corrected chi connectivity index (χ4v) is 5.22. The largest absolute Gasteiger partial charge is 0.493 e. The van der Waals surface area contributed by atoms with Crippen molar-refractivity contribution >= 4 is 40.4 Å². The summed E-state index contributed by atoms with van der Waals surface area (Å²) in [4.78, 5) is 33.6. The lowest BCUT2D eigenvalue weighted by Gasteiger charge is -2.36.